The largest absolute Gasteiger partial charge is 0.457 e. The van der Waals surface area contributed by atoms with E-state index in [9.17, 15) is 9.59 Å². The molecule has 25 heavy (non-hydrogen) atoms. The molecule has 4 rings (SSSR count). The van der Waals surface area contributed by atoms with Gasteiger partial charge in [0.1, 0.15) is 6.61 Å². The average Bonchev–Trinajstić information content (AvgIpc) is 2.98. The fourth-order valence-corrected chi connectivity index (χ4v) is 3.60. The van der Waals surface area contributed by atoms with Crippen molar-refractivity contribution in [3.63, 3.8) is 0 Å². The van der Waals surface area contributed by atoms with E-state index in [2.05, 4.69) is 36.2 Å². The van der Waals surface area contributed by atoms with E-state index in [0.29, 0.717) is 12.2 Å². The summed E-state index contributed by atoms with van der Waals surface area (Å²) in [5.74, 6) is -0.381. The summed E-state index contributed by atoms with van der Waals surface area (Å²) >= 11 is 0. The summed E-state index contributed by atoms with van der Waals surface area (Å²) in [5.41, 5.74) is 4.58. The van der Waals surface area contributed by atoms with E-state index in [1.807, 2.05) is 18.2 Å². The summed E-state index contributed by atoms with van der Waals surface area (Å²) in [7, 11) is 0. The zero-order valence-electron chi connectivity index (χ0n) is 13.9. The third-order valence-corrected chi connectivity index (χ3v) is 5.21. The second-order valence-electron chi connectivity index (χ2n) is 6.65. The maximum atomic E-state index is 11.7. The normalized spacial score (nSPS) is 17.2. The molecule has 2 aromatic carbocycles. The highest BCUT2D eigenvalue weighted by molar-refractivity contribution is 5.94. The molecule has 0 radical (unpaired) electrons. The first kappa shape index (κ1) is 15.6. The number of cyclic esters (lactones) is 1. The molecular formula is C21H19NO3. The fraction of sp³-hybridized carbons (Fsp3) is 0.238. The molecule has 2 aromatic rings. The Morgan fingerprint density at radius 3 is 2.48 bits per heavy atom. The van der Waals surface area contributed by atoms with Gasteiger partial charge in [0.15, 0.2) is 0 Å². The van der Waals surface area contributed by atoms with Gasteiger partial charge < -0.3 is 10.1 Å². The Balaban J connectivity index is 1.61. The molecule has 0 bridgehead atoms. The van der Waals surface area contributed by atoms with Crippen LogP contribution >= 0.6 is 0 Å². The smallest absolute Gasteiger partial charge is 0.338 e. The number of nitrogens with one attached hydrogen (secondary N) is 1. The van der Waals surface area contributed by atoms with E-state index in [4.69, 9.17) is 4.74 Å². The molecule has 0 atom stereocenters. The first-order chi connectivity index (χ1) is 12.1. The lowest BCUT2D eigenvalue weighted by atomic mass is 9.71. The van der Waals surface area contributed by atoms with Crippen molar-refractivity contribution in [2.75, 3.05) is 0 Å². The van der Waals surface area contributed by atoms with Crippen LogP contribution < -0.4 is 5.32 Å². The molecule has 126 valence electrons. The molecule has 1 fully saturated rings. The minimum atomic E-state index is -0.262. The molecule has 0 saturated heterocycles. The minimum Gasteiger partial charge on any atom is -0.457 e. The second-order valence-corrected chi connectivity index (χ2v) is 6.65. The highest BCUT2D eigenvalue weighted by Gasteiger charge is 2.39. The van der Waals surface area contributed by atoms with Gasteiger partial charge in [-0.25, -0.2) is 4.79 Å². The van der Waals surface area contributed by atoms with E-state index in [0.717, 1.165) is 41.5 Å². The van der Waals surface area contributed by atoms with Crippen LogP contribution in [0.4, 0.5) is 0 Å². The highest BCUT2D eigenvalue weighted by atomic mass is 16.5. The maximum absolute atomic E-state index is 11.7. The Bertz CT molecular complexity index is 863. The van der Waals surface area contributed by atoms with Gasteiger partial charge in [-0.2, -0.15) is 0 Å². The van der Waals surface area contributed by atoms with Crippen molar-refractivity contribution in [2.45, 2.75) is 31.4 Å². The molecule has 0 spiro atoms. The van der Waals surface area contributed by atoms with Crippen LogP contribution in [-0.2, 0) is 21.7 Å². The highest BCUT2D eigenvalue weighted by Crippen LogP contribution is 2.41. The van der Waals surface area contributed by atoms with Crippen molar-refractivity contribution in [1.82, 2.24) is 5.32 Å². The summed E-state index contributed by atoms with van der Waals surface area (Å²) in [6.45, 7) is 3.88. The van der Waals surface area contributed by atoms with Gasteiger partial charge in [0, 0.05) is 5.56 Å². The molecule has 1 heterocycles. The monoisotopic (exact) mass is 333 g/mol. The Hall–Kier alpha value is -2.88. The van der Waals surface area contributed by atoms with E-state index in [1.54, 1.807) is 0 Å². The Kier molecular flexibility index (Phi) is 3.68. The van der Waals surface area contributed by atoms with Crippen molar-refractivity contribution >= 4 is 11.9 Å². The fourth-order valence-electron chi connectivity index (χ4n) is 3.60. The van der Waals surface area contributed by atoms with Crippen LogP contribution in [0.25, 0.3) is 11.1 Å². The van der Waals surface area contributed by atoms with E-state index in [1.165, 1.54) is 6.08 Å². The number of ether oxygens (including phenoxy) is 1. The van der Waals surface area contributed by atoms with Gasteiger partial charge in [0.25, 0.3) is 0 Å². The number of amides is 1. The molecule has 1 N–H and O–H groups in total. The predicted octanol–water partition coefficient (Wildman–Crippen LogP) is 3.71. The second kappa shape index (κ2) is 5.88. The first-order valence-electron chi connectivity index (χ1n) is 8.47. The number of fused-ring (bicyclic) bond motifs is 1. The Morgan fingerprint density at radius 2 is 1.84 bits per heavy atom. The quantitative estimate of drug-likeness (QED) is 0.685. The number of benzene rings is 2. The average molecular weight is 333 g/mol. The van der Waals surface area contributed by atoms with Gasteiger partial charge in [-0.05, 0) is 54.2 Å². The Labute approximate surface area is 146 Å². The predicted molar refractivity (Wildman–Crippen MR) is 94.9 cm³/mol. The number of rotatable bonds is 4. The summed E-state index contributed by atoms with van der Waals surface area (Å²) in [4.78, 5) is 23.3. The van der Waals surface area contributed by atoms with E-state index < -0.39 is 0 Å². The van der Waals surface area contributed by atoms with Gasteiger partial charge in [-0.15, -0.1) is 0 Å². The molecule has 1 saturated carbocycles. The van der Waals surface area contributed by atoms with Gasteiger partial charge in [0.05, 0.1) is 11.1 Å². The number of carbonyl (C=O) groups is 2. The first-order valence-corrected chi connectivity index (χ1v) is 8.47. The summed E-state index contributed by atoms with van der Waals surface area (Å²) < 4.78 is 5.06. The lowest BCUT2D eigenvalue weighted by molar-refractivity contribution is -0.119. The minimum absolute atomic E-state index is 0.132. The third-order valence-electron chi connectivity index (χ3n) is 5.21. The van der Waals surface area contributed by atoms with Crippen LogP contribution in [0.15, 0.2) is 55.1 Å². The molecule has 0 unspecified atom stereocenters. The summed E-state index contributed by atoms with van der Waals surface area (Å²) in [5, 5.41) is 3.08. The van der Waals surface area contributed by atoms with Crippen molar-refractivity contribution in [3.8, 4) is 11.1 Å². The van der Waals surface area contributed by atoms with Crippen molar-refractivity contribution < 1.29 is 14.3 Å². The summed E-state index contributed by atoms with van der Waals surface area (Å²) in [6.07, 6.45) is 4.33. The zero-order valence-corrected chi connectivity index (χ0v) is 13.9. The number of hydrogen-bond acceptors (Lipinski definition) is 3. The van der Waals surface area contributed by atoms with Crippen molar-refractivity contribution in [3.05, 3.63) is 71.8 Å². The molecule has 4 nitrogen and oxygen atoms in total. The number of carbonyl (C=O) groups excluding carboxylic acids is 2. The van der Waals surface area contributed by atoms with E-state index in [-0.39, 0.29) is 17.4 Å². The van der Waals surface area contributed by atoms with Crippen molar-refractivity contribution in [2.24, 2.45) is 0 Å². The lowest BCUT2D eigenvalue weighted by Gasteiger charge is -2.43. The third kappa shape index (κ3) is 2.64. The molecule has 4 heteroatoms. The molecule has 1 amide bonds. The standard InChI is InChI=1S/C21H19NO3/c1-2-19(23)22-21(10-3-11-21)17-7-4-14(5-8-17)15-6-9-18-16(12-15)13-25-20(18)24/h2,4-9,12H,1,3,10-11,13H2,(H,22,23). The Morgan fingerprint density at radius 1 is 1.12 bits per heavy atom. The molecule has 2 aliphatic rings. The van der Waals surface area contributed by atoms with Crippen LogP contribution in [0.3, 0.4) is 0 Å². The van der Waals surface area contributed by atoms with Crippen LogP contribution in [0.2, 0.25) is 0 Å². The number of hydrogen-bond donors (Lipinski definition) is 1. The topological polar surface area (TPSA) is 55.4 Å². The van der Waals surface area contributed by atoms with Crippen LogP contribution in [0.1, 0.15) is 40.7 Å². The molecular weight excluding hydrogens is 314 g/mol. The SMILES string of the molecule is C=CC(=O)NC1(c2ccc(-c3ccc4c(c3)COC4=O)cc2)CCC1. The zero-order chi connectivity index (χ0) is 17.4. The maximum Gasteiger partial charge on any atom is 0.338 e. The van der Waals surface area contributed by atoms with Crippen LogP contribution in [-0.4, -0.2) is 11.9 Å². The van der Waals surface area contributed by atoms with Crippen molar-refractivity contribution in [1.29, 1.82) is 0 Å². The van der Waals surface area contributed by atoms with Crippen LogP contribution in [0, 0.1) is 0 Å². The summed E-state index contributed by atoms with van der Waals surface area (Å²) in [6, 6.07) is 14.1. The van der Waals surface area contributed by atoms with Gasteiger partial charge in [-0.3, -0.25) is 4.79 Å². The van der Waals surface area contributed by atoms with E-state index >= 15 is 0 Å². The number of esters is 1. The van der Waals surface area contributed by atoms with Crippen LogP contribution in [0.5, 0.6) is 0 Å². The molecule has 1 aliphatic heterocycles. The van der Waals surface area contributed by atoms with Gasteiger partial charge >= 0.3 is 5.97 Å². The van der Waals surface area contributed by atoms with Gasteiger partial charge in [-0.1, -0.05) is 36.9 Å². The van der Waals surface area contributed by atoms with Gasteiger partial charge in [0.2, 0.25) is 5.91 Å². The molecule has 0 aromatic heterocycles. The lowest BCUT2D eigenvalue weighted by Crippen LogP contribution is -2.50. The molecule has 1 aliphatic carbocycles.